The molecule has 1 aliphatic rings. The molecule has 0 heterocycles. The van der Waals surface area contributed by atoms with Gasteiger partial charge in [0.05, 0.1) is 6.61 Å². The summed E-state index contributed by atoms with van der Waals surface area (Å²) in [5, 5.41) is 0. The maximum atomic E-state index is 5.89. The van der Waals surface area contributed by atoms with Crippen LogP contribution in [0.3, 0.4) is 0 Å². The predicted octanol–water partition coefficient (Wildman–Crippen LogP) is 4.91. The van der Waals surface area contributed by atoms with Gasteiger partial charge in [-0.3, -0.25) is 0 Å². The number of alkyl halides is 1. The maximum absolute atomic E-state index is 5.89. The fourth-order valence-electron chi connectivity index (χ4n) is 2.45. The molecule has 3 heteroatoms. The zero-order valence-corrected chi connectivity index (χ0v) is 12.7. The molecule has 0 fully saturated rings. The summed E-state index contributed by atoms with van der Waals surface area (Å²) in [6, 6.07) is 14.5. The summed E-state index contributed by atoms with van der Waals surface area (Å²) in [6.07, 6.45) is 1.12. The van der Waals surface area contributed by atoms with Gasteiger partial charge in [0.25, 0.3) is 0 Å². The van der Waals surface area contributed by atoms with E-state index in [1.165, 1.54) is 11.1 Å². The van der Waals surface area contributed by atoms with E-state index in [0.29, 0.717) is 11.8 Å². The van der Waals surface area contributed by atoms with Crippen LogP contribution in [0.2, 0.25) is 0 Å². The van der Waals surface area contributed by atoms with Crippen LogP contribution in [0.5, 0.6) is 5.75 Å². The van der Waals surface area contributed by atoms with Crippen LogP contribution in [0, 0.1) is 0 Å². The highest BCUT2D eigenvalue weighted by Gasteiger charge is 2.25. The molecule has 1 unspecified atom stereocenters. The van der Waals surface area contributed by atoms with Crippen LogP contribution in [0.4, 0.5) is 0 Å². The van der Waals surface area contributed by atoms with Crippen molar-refractivity contribution in [3.63, 3.8) is 0 Å². The van der Waals surface area contributed by atoms with Crippen molar-refractivity contribution >= 4 is 27.5 Å². The lowest BCUT2D eigenvalue weighted by Crippen LogP contribution is -2.23. The number of fused-ring (bicyclic) bond motifs is 1. The largest absolute Gasteiger partial charge is 0.493 e. The second-order valence-corrected chi connectivity index (χ2v) is 5.92. The zero-order valence-electron chi connectivity index (χ0n) is 10.4. The molecule has 1 aliphatic carbocycles. The summed E-state index contributed by atoms with van der Waals surface area (Å²) in [7, 11) is 0. The van der Waals surface area contributed by atoms with Crippen LogP contribution in [0.25, 0.3) is 0 Å². The fourth-order valence-corrected chi connectivity index (χ4v) is 3.22. The molecule has 0 aliphatic heterocycles. The Bertz CT molecular complexity index is 597. The Morgan fingerprint density at radius 1 is 1.21 bits per heavy atom. The first kappa shape index (κ1) is 13.0. The van der Waals surface area contributed by atoms with Crippen molar-refractivity contribution in [2.24, 2.45) is 0 Å². The third-order valence-electron chi connectivity index (χ3n) is 3.57. The molecular weight excluding hydrogens is 324 g/mol. The number of benzene rings is 2. The molecule has 98 valence electrons. The van der Waals surface area contributed by atoms with Gasteiger partial charge >= 0.3 is 0 Å². The van der Waals surface area contributed by atoms with Crippen LogP contribution < -0.4 is 4.74 Å². The van der Waals surface area contributed by atoms with Gasteiger partial charge in [-0.15, -0.1) is 11.6 Å². The number of hydrogen-bond acceptors (Lipinski definition) is 1. The van der Waals surface area contributed by atoms with Crippen LogP contribution in [-0.2, 0) is 12.3 Å². The molecule has 0 radical (unpaired) electrons. The molecule has 0 N–H and O–H groups in total. The molecule has 2 aromatic rings. The molecule has 0 bridgehead atoms. The second-order valence-electron chi connectivity index (χ2n) is 4.80. The third kappa shape index (κ3) is 2.65. The van der Waals surface area contributed by atoms with Crippen LogP contribution in [-0.4, -0.2) is 6.61 Å². The highest BCUT2D eigenvalue weighted by Crippen LogP contribution is 2.35. The summed E-state index contributed by atoms with van der Waals surface area (Å²) in [4.78, 5) is 0. The standard InChI is InChI=1S/C16H14BrClO/c17-16-6-5-14(8-12(16)9-18)19-10-13-7-11-3-1-2-4-15(11)13/h1-6,8,13H,7,9-10H2. The van der Waals surface area contributed by atoms with Crippen molar-refractivity contribution in [3.05, 3.63) is 63.6 Å². The molecule has 1 atom stereocenters. The number of rotatable bonds is 4. The Balaban J connectivity index is 1.65. The number of ether oxygens (including phenoxy) is 1. The van der Waals surface area contributed by atoms with Gasteiger partial charge in [0.1, 0.15) is 5.75 Å². The molecule has 0 amide bonds. The van der Waals surface area contributed by atoms with E-state index in [1.807, 2.05) is 18.2 Å². The molecule has 1 nitrogen and oxygen atoms in total. The molecule has 0 spiro atoms. The summed E-state index contributed by atoms with van der Waals surface area (Å²) < 4.78 is 6.92. The van der Waals surface area contributed by atoms with Crippen LogP contribution >= 0.6 is 27.5 Å². The maximum Gasteiger partial charge on any atom is 0.119 e. The summed E-state index contributed by atoms with van der Waals surface area (Å²) in [5.74, 6) is 1.91. The minimum absolute atomic E-state index is 0.490. The monoisotopic (exact) mass is 336 g/mol. The van der Waals surface area contributed by atoms with E-state index in [-0.39, 0.29) is 0 Å². The first-order valence-electron chi connectivity index (χ1n) is 6.33. The Labute approximate surface area is 126 Å². The van der Waals surface area contributed by atoms with E-state index in [0.717, 1.165) is 28.8 Å². The van der Waals surface area contributed by atoms with Gasteiger partial charge in [-0.2, -0.15) is 0 Å². The van der Waals surface area contributed by atoms with Gasteiger partial charge in [0.15, 0.2) is 0 Å². The van der Waals surface area contributed by atoms with E-state index in [2.05, 4.69) is 40.2 Å². The molecule has 0 saturated heterocycles. The highest BCUT2D eigenvalue weighted by atomic mass is 79.9. The summed E-state index contributed by atoms with van der Waals surface area (Å²) in [5.41, 5.74) is 3.94. The van der Waals surface area contributed by atoms with E-state index >= 15 is 0 Å². The van der Waals surface area contributed by atoms with E-state index < -0.39 is 0 Å². The minimum Gasteiger partial charge on any atom is -0.493 e. The van der Waals surface area contributed by atoms with Crippen molar-refractivity contribution in [1.29, 1.82) is 0 Å². The average Bonchev–Trinajstić information content (AvgIpc) is 2.41. The van der Waals surface area contributed by atoms with Crippen molar-refractivity contribution in [1.82, 2.24) is 0 Å². The van der Waals surface area contributed by atoms with Gasteiger partial charge in [0.2, 0.25) is 0 Å². The van der Waals surface area contributed by atoms with Crippen molar-refractivity contribution in [3.8, 4) is 5.75 Å². The Morgan fingerprint density at radius 3 is 2.84 bits per heavy atom. The lowest BCUT2D eigenvalue weighted by molar-refractivity contribution is 0.275. The molecule has 0 aromatic heterocycles. The third-order valence-corrected chi connectivity index (χ3v) is 4.64. The van der Waals surface area contributed by atoms with E-state index in [4.69, 9.17) is 16.3 Å². The molecule has 2 aromatic carbocycles. The average molecular weight is 338 g/mol. The number of halogens is 2. The second kappa shape index (κ2) is 5.56. The predicted molar refractivity (Wildman–Crippen MR) is 82.1 cm³/mol. The van der Waals surface area contributed by atoms with Gasteiger partial charge in [-0.25, -0.2) is 0 Å². The van der Waals surface area contributed by atoms with Crippen LogP contribution in [0.15, 0.2) is 46.9 Å². The van der Waals surface area contributed by atoms with Crippen molar-refractivity contribution in [2.75, 3.05) is 6.61 Å². The molecule has 19 heavy (non-hydrogen) atoms. The van der Waals surface area contributed by atoms with Crippen LogP contribution in [0.1, 0.15) is 22.6 Å². The Morgan fingerprint density at radius 2 is 2.05 bits per heavy atom. The SMILES string of the molecule is ClCc1cc(OCC2Cc3ccccc32)ccc1Br. The number of hydrogen-bond donors (Lipinski definition) is 0. The van der Waals surface area contributed by atoms with Gasteiger partial charge in [-0.1, -0.05) is 40.2 Å². The van der Waals surface area contributed by atoms with Gasteiger partial charge in [-0.05, 0) is 41.3 Å². The Kier molecular flexibility index (Phi) is 3.81. The van der Waals surface area contributed by atoms with Gasteiger partial charge < -0.3 is 4.74 Å². The van der Waals surface area contributed by atoms with E-state index in [1.54, 1.807) is 0 Å². The lowest BCUT2D eigenvalue weighted by Gasteiger charge is -2.29. The van der Waals surface area contributed by atoms with Crippen molar-refractivity contribution in [2.45, 2.75) is 18.2 Å². The summed E-state index contributed by atoms with van der Waals surface area (Å²) >= 11 is 9.36. The van der Waals surface area contributed by atoms with E-state index in [9.17, 15) is 0 Å². The smallest absolute Gasteiger partial charge is 0.119 e. The summed E-state index contributed by atoms with van der Waals surface area (Å²) in [6.45, 7) is 0.736. The fraction of sp³-hybridized carbons (Fsp3) is 0.250. The first-order chi connectivity index (χ1) is 9.28. The highest BCUT2D eigenvalue weighted by molar-refractivity contribution is 9.10. The first-order valence-corrected chi connectivity index (χ1v) is 7.65. The zero-order chi connectivity index (χ0) is 13.2. The Hall–Kier alpha value is -0.990. The van der Waals surface area contributed by atoms with Gasteiger partial charge in [0, 0.05) is 16.3 Å². The topological polar surface area (TPSA) is 9.23 Å². The lowest BCUT2D eigenvalue weighted by atomic mass is 9.78. The molecular formula is C16H14BrClO. The van der Waals surface area contributed by atoms with Crippen molar-refractivity contribution < 1.29 is 4.74 Å². The molecule has 3 rings (SSSR count). The molecule has 0 saturated carbocycles. The minimum atomic E-state index is 0.490. The quantitative estimate of drug-likeness (QED) is 0.721. The normalized spacial score (nSPS) is 16.6.